The molecule has 1 nitrogen and oxygen atoms in total. The Morgan fingerprint density at radius 1 is 0.431 bits per heavy atom. The average Bonchev–Trinajstić information content (AvgIpc) is 3.72. The van der Waals surface area contributed by atoms with Crippen LogP contribution in [-0.2, 0) is 5.41 Å². The predicted molar refractivity (Wildman–Crippen MR) is 246 cm³/mol. The monoisotopic (exact) mass is 771 g/mol. The highest BCUT2D eigenvalue weighted by atomic mass is 32.2. The quantitative estimate of drug-likeness (QED) is 0.153. The number of hydrogen-bond donors (Lipinski definition) is 0. The summed E-state index contributed by atoms with van der Waals surface area (Å²) < 4.78 is 0. The van der Waals surface area contributed by atoms with E-state index in [-0.39, 0.29) is 0 Å². The summed E-state index contributed by atoms with van der Waals surface area (Å²) in [5.41, 5.74) is 16.7. The number of nitrogens with zero attached hydrogens (tertiary/aromatic N) is 1. The fourth-order valence-electron chi connectivity index (χ4n) is 11.5. The Kier molecular flexibility index (Phi) is 6.53. The zero-order valence-electron chi connectivity index (χ0n) is 32.3. The van der Waals surface area contributed by atoms with Crippen LogP contribution in [0.25, 0.3) is 33.0 Å². The molecule has 0 saturated carbocycles. The van der Waals surface area contributed by atoms with E-state index in [1.54, 1.807) is 0 Å². The van der Waals surface area contributed by atoms with Crippen molar-refractivity contribution in [1.29, 1.82) is 0 Å². The van der Waals surface area contributed by atoms with Crippen LogP contribution in [0.15, 0.2) is 198 Å². The van der Waals surface area contributed by atoms with Crippen LogP contribution in [0.5, 0.6) is 0 Å². The molecule has 0 radical (unpaired) electrons. The number of rotatable bonds is 1. The molecule has 4 aliphatic rings. The first-order valence-corrected chi connectivity index (χ1v) is 23.2. The van der Waals surface area contributed by atoms with Crippen molar-refractivity contribution in [1.82, 2.24) is 0 Å². The van der Waals surface area contributed by atoms with Crippen LogP contribution >= 0.6 is 11.8 Å². The van der Waals surface area contributed by atoms with Gasteiger partial charge in [-0.25, -0.2) is 0 Å². The summed E-state index contributed by atoms with van der Waals surface area (Å²) in [5.74, 6) is 0. The Labute approximate surface area is 344 Å². The van der Waals surface area contributed by atoms with Crippen molar-refractivity contribution in [2.75, 3.05) is 4.90 Å². The van der Waals surface area contributed by atoms with Crippen molar-refractivity contribution in [2.45, 2.75) is 29.1 Å². The normalized spacial score (nSPS) is 15.2. The van der Waals surface area contributed by atoms with Crippen molar-refractivity contribution in [2.24, 2.45) is 0 Å². The minimum Gasteiger partial charge on any atom is -0.310 e. The third-order valence-electron chi connectivity index (χ3n) is 13.6. The smallest absolute Gasteiger partial charge is 0.182 e. The molecule has 0 N–H and O–H groups in total. The molecule has 272 valence electrons. The lowest BCUT2D eigenvalue weighted by molar-refractivity contribution is 0.699. The maximum absolute atomic E-state index is 2.69. The predicted octanol–water partition coefficient (Wildman–Crippen LogP) is 11.4. The summed E-state index contributed by atoms with van der Waals surface area (Å²) in [4.78, 5) is 5.22. The molecule has 3 heteroatoms. The van der Waals surface area contributed by atoms with Gasteiger partial charge in [0, 0.05) is 15.5 Å². The van der Waals surface area contributed by atoms with Crippen molar-refractivity contribution >= 4 is 68.4 Å². The highest BCUT2D eigenvalue weighted by Gasteiger charge is 2.55. The number of aryl methyl sites for hydroxylation is 2. The zero-order valence-corrected chi connectivity index (χ0v) is 34.1. The topological polar surface area (TPSA) is 3.24 Å². The SMILES string of the molecule is Cc1ccc2c(c1)[Si]1(c3ccccc3-c3ccc(N4c5ccccc5C5(c6ccccc6Sc6ccc7ccccc7c65)c5ccccc54)cc31)c1cc(C)ccc1-2. The van der Waals surface area contributed by atoms with Crippen molar-refractivity contribution in [3.05, 3.63) is 221 Å². The summed E-state index contributed by atoms with van der Waals surface area (Å²) in [6, 6.07) is 72.5. The van der Waals surface area contributed by atoms with E-state index < -0.39 is 13.5 Å². The van der Waals surface area contributed by atoms with Crippen LogP contribution in [0, 0.1) is 13.8 Å². The van der Waals surface area contributed by atoms with E-state index in [9.17, 15) is 0 Å². The molecule has 9 aromatic rings. The van der Waals surface area contributed by atoms with Gasteiger partial charge in [0.05, 0.1) is 16.8 Å². The number of fused-ring (bicyclic) bond motifs is 20. The summed E-state index contributed by atoms with van der Waals surface area (Å²) in [6.45, 7) is 4.52. The second-order valence-electron chi connectivity index (χ2n) is 16.5. The first-order valence-electron chi connectivity index (χ1n) is 20.3. The summed E-state index contributed by atoms with van der Waals surface area (Å²) in [6.07, 6.45) is 0. The van der Waals surface area contributed by atoms with Gasteiger partial charge in [-0.05, 0) is 126 Å². The van der Waals surface area contributed by atoms with Gasteiger partial charge in [0.1, 0.15) is 0 Å². The van der Waals surface area contributed by atoms with Gasteiger partial charge in [0.15, 0.2) is 8.07 Å². The van der Waals surface area contributed by atoms with Crippen molar-refractivity contribution in [3.8, 4) is 22.3 Å². The van der Waals surface area contributed by atoms with E-state index in [1.807, 2.05) is 11.8 Å². The summed E-state index contributed by atoms with van der Waals surface area (Å²) in [5, 5.41) is 8.63. The van der Waals surface area contributed by atoms with Crippen LogP contribution in [0.4, 0.5) is 17.1 Å². The van der Waals surface area contributed by atoms with Crippen molar-refractivity contribution in [3.63, 3.8) is 0 Å². The van der Waals surface area contributed by atoms with Gasteiger partial charge in [0.25, 0.3) is 0 Å². The first kappa shape index (κ1) is 32.7. The van der Waals surface area contributed by atoms with Gasteiger partial charge >= 0.3 is 0 Å². The maximum Gasteiger partial charge on any atom is 0.182 e. The Bertz CT molecular complexity index is 3170. The number of para-hydroxylation sites is 2. The van der Waals surface area contributed by atoms with Gasteiger partial charge in [-0.3, -0.25) is 0 Å². The van der Waals surface area contributed by atoms with E-state index in [0.29, 0.717) is 0 Å². The van der Waals surface area contributed by atoms with E-state index in [0.717, 1.165) is 0 Å². The van der Waals surface area contributed by atoms with Crippen molar-refractivity contribution < 1.29 is 0 Å². The summed E-state index contributed by atoms with van der Waals surface area (Å²) in [7, 11) is -2.69. The average molecular weight is 772 g/mol. The number of benzene rings is 9. The highest BCUT2D eigenvalue weighted by molar-refractivity contribution is 7.99. The Morgan fingerprint density at radius 2 is 0.983 bits per heavy atom. The Morgan fingerprint density at radius 3 is 1.71 bits per heavy atom. The van der Waals surface area contributed by atoms with Crippen LogP contribution in [0.3, 0.4) is 0 Å². The Hall–Kier alpha value is -6.39. The van der Waals surface area contributed by atoms with Crippen LogP contribution in [0.1, 0.15) is 33.4 Å². The van der Waals surface area contributed by atoms with Gasteiger partial charge in [-0.15, -0.1) is 0 Å². The second-order valence-corrected chi connectivity index (χ2v) is 21.2. The fraction of sp³-hybridized carbons (Fsp3) is 0.0545. The van der Waals surface area contributed by atoms with Crippen LogP contribution in [0.2, 0.25) is 0 Å². The van der Waals surface area contributed by atoms with E-state index in [2.05, 4.69) is 207 Å². The summed E-state index contributed by atoms with van der Waals surface area (Å²) >= 11 is 1.91. The number of hydrogen-bond acceptors (Lipinski definition) is 2. The first-order chi connectivity index (χ1) is 28.6. The molecule has 4 heterocycles. The molecule has 0 aliphatic carbocycles. The molecule has 0 atom stereocenters. The van der Waals surface area contributed by atoms with Crippen LogP contribution in [-0.4, -0.2) is 8.07 Å². The molecule has 9 aromatic carbocycles. The van der Waals surface area contributed by atoms with E-state index >= 15 is 0 Å². The number of anilines is 3. The van der Waals surface area contributed by atoms with E-state index in [1.165, 1.54) is 114 Å². The van der Waals surface area contributed by atoms with E-state index in [4.69, 9.17) is 0 Å². The molecular weight excluding hydrogens is 735 g/mol. The lowest BCUT2D eigenvalue weighted by Crippen LogP contribution is -2.70. The molecule has 58 heavy (non-hydrogen) atoms. The molecule has 0 amide bonds. The van der Waals surface area contributed by atoms with Gasteiger partial charge < -0.3 is 4.90 Å². The molecule has 0 saturated heterocycles. The molecule has 2 spiro atoms. The van der Waals surface area contributed by atoms with Gasteiger partial charge in [0.2, 0.25) is 0 Å². The van der Waals surface area contributed by atoms with Gasteiger partial charge in [-0.1, -0.05) is 175 Å². The van der Waals surface area contributed by atoms with Crippen LogP contribution < -0.4 is 25.6 Å². The molecule has 0 unspecified atom stereocenters. The lowest BCUT2D eigenvalue weighted by atomic mass is 9.61. The molecular formula is C55H37NSSi. The second kappa shape index (κ2) is 11.6. The molecule has 0 bridgehead atoms. The minimum atomic E-state index is -2.69. The molecule has 13 rings (SSSR count). The van der Waals surface area contributed by atoms with Gasteiger partial charge in [-0.2, -0.15) is 0 Å². The lowest BCUT2D eigenvalue weighted by Gasteiger charge is -2.49. The minimum absolute atomic E-state index is 0.525. The molecule has 4 aliphatic heterocycles. The third-order valence-corrected chi connectivity index (χ3v) is 19.7. The fourth-order valence-corrected chi connectivity index (χ4v) is 18.5. The largest absolute Gasteiger partial charge is 0.310 e. The standard InChI is InChI=1S/C55H37NSSi/c1-34-23-27-40-41-28-24-35(2)32-52(41)58(51(40)31-34)50-22-12-5-15-39(50)42-29-26-37(33-53(42)58)56-46-19-9-6-16-43(46)55(44-17-7-10-20-47(44)56)45-18-8-11-21-48(45)57-49-30-25-36-13-3-4-14-38(36)54(49)55/h3-33H,1-2H3. The maximum atomic E-state index is 2.60. The molecule has 0 fully saturated rings. The molecule has 0 aromatic heterocycles. The highest BCUT2D eigenvalue weighted by Crippen LogP contribution is 2.64. The zero-order chi connectivity index (χ0) is 38.3. The Balaban J connectivity index is 1.13. The third kappa shape index (κ3) is 3.93.